The summed E-state index contributed by atoms with van der Waals surface area (Å²) in [4.78, 5) is 17.6. The first-order valence-corrected chi connectivity index (χ1v) is 9.53. The Bertz CT molecular complexity index is 879. The fraction of sp³-hybridized carbons (Fsp3) is 0.412. The molecule has 7 nitrogen and oxygen atoms in total. The lowest BCUT2D eigenvalue weighted by Crippen LogP contribution is -2.49. The van der Waals surface area contributed by atoms with E-state index in [4.69, 9.17) is 4.42 Å². The van der Waals surface area contributed by atoms with Gasteiger partial charge in [-0.1, -0.05) is 12.1 Å². The predicted molar refractivity (Wildman–Crippen MR) is 92.4 cm³/mol. The zero-order valence-electron chi connectivity index (χ0n) is 14.5. The van der Waals surface area contributed by atoms with Crippen LogP contribution in [0.5, 0.6) is 0 Å². The normalized spacial score (nSPS) is 16.2. The number of amides is 1. The van der Waals surface area contributed by atoms with Crippen molar-refractivity contribution in [3.05, 3.63) is 35.9 Å². The maximum atomic E-state index is 12.8. The van der Waals surface area contributed by atoms with E-state index in [9.17, 15) is 13.2 Å². The second-order valence-corrected chi connectivity index (χ2v) is 8.01. The van der Waals surface area contributed by atoms with Crippen molar-refractivity contribution in [1.29, 1.82) is 0 Å². The average molecular weight is 363 g/mol. The lowest BCUT2D eigenvalue weighted by atomic mass is 10.1. The van der Waals surface area contributed by atoms with Crippen molar-refractivity contribution < 1.29 is 17.6 Å². The molecule has 0 atom stereocenters. The Morgan fingerprint density at radius 2 is 1.68 bits per heavy atom. The number of piperazine rings is 1. The van der Waals surface area contributed by atoms with E-state index in [0.717, 1.165) is 11.3 Å². The minimum atomic E-state index is -3.56. The lowest BCUT2D eigenvalue weighted by molar-refractivity contribution is -0.129. The van der Waals surface area contributed by atoms with E-state index in [0.29, 0.717) is 37.8 Å². The maximum Gasteiger partial charge on any atom is 0.243 e. The summed E-state index contributed by atoms with van der Waals surface area (Å²) in [5, 5.41) is 0. The zero-order chi connectivity index (χ0) is 18.2. The van der Waals surface area contributed by atoms with Crippen LogP contribution in [-0.2, 0) is 14.8 Å². The summed E-state index contributed by atoms with van der Waals surface area (Å²) in [5.41, 5.74) is 1.53. The molecule has 1 aromatic heterocycles. The van der Waals surface area contributed by atoms with Crippen molar-refractivity contribution in [1.82, 2.24) is 14.2 Å². The molecule has 0 radical (unpaired) electrons. The first-order valence-electron chi connectivity index (χ1n) is 8.09. The number of hydrogen-bond donors (Lipinski definition) is 0. The summed E-state index contributed by atoms with van der Waals surface area (Å²) in [6, 6.07) is 6.66. The van der Waals surface area contributed by atoms with Gasteiger partial charge in [0.05, 0.1) is 4.90 Å². The molecule has 0 unspecified atom stereocenters. The fourth-order valence-corrected chi connectivity index (χ4v) is 4.40. The van der Waals surface area contributed by atoms with Crippen LogP contribution in [-0.4, -0.2) is 54.7 Å². The number of nitrogens with zero attached hydrogens (tertiary/aromatic N) is 3. The molecule has 1 aromatic carbocycles. The number of carbonyl (C=O) groups is 1. The second-order valence-electron chi connectivity index (χ2n) is 6.07. The number of aryl methyl sites for hydroxylation is 2. The zero-order valence-corrected chi connectivity index (χ0v) is 15.3. The standard InChI is InChI=1S/C17H21N3O4S/c1-12-17(18-13(2)24-12)15-4-6-16(7-5-15)25(22,23)20-10-8-19(9-11-20)14(3)21/h4-7H,8-11H2,1-3H3. The molecule has 0 N–H and O–H groups in total. The van der Waals surface area contributed by atoms with Gasteiger partial charge in [0.25, 0.3) is 0 Å². The number of sulfonamides is 1. The van der Waals surface area contributed by atoms with Crippen LogP contribution in [0.4, 0.5) is 0 Å². The Morgan fingerprint density at radius 3 is 2.16 bits per heavy atom. The monoisotopic (exact) mass is 363 g/mol. The van der Waals surface area contributed by atoms with E-state index >= 15 is 0 Å². The quantitative estimate of drug-likeness (QED) is 0.830. The van der Waals surface area contributed by atoms with E-state index in [1.807, 2.05) is 6.92 Å². The van der Waals surface area contributed by atoms with Crippen molar-refractivity contribution in [3.63, 3.8) is 0 Å². The van der Waals surface area contributed by atoms with Crippen molar-refractivity contribution in [2.45, 2.75) is 25.7 Å². The molecule has 1 fully saturated rings. The largest absolute Gasteiger partial charge is 0.446 e. The Balaban J connectivity index is 1.79. The first-order chi connectivity index (χ1) is 11.8. The summed E-state index contributed by atoms with van der Waals surface area (Å²) in [6.45, 7) is 6.56. The third kappa shape index (κ3) is 3.45. The molecule has 1 aliphatic heterocycles. The fourth-order valence-electron chi connectivity index (χ4n) is 2.97. The number of hydrogen-bond acceptors (Lipinski definition) is 5. The van der Waals surface area contributed by atoms with Crippen LogP contribution in [0.25, 0.3) is 11.3 Å². The van der Waals surface area contributed by atoms with Crippen LogP contribution < -0.4 is 0 Å². The van der Waals surface area contributed by atoms with E-state index < -0.39 is 10.0 Å². The molecule has 1 saturated heterocycles. The molecule has 134 valence electrons. The smallest absolute Gasteiger partial charge is 0.243 e. The SMILES string of the molecule is CC(=O)N1CCN(S(=O)(=O)c2ccc(-c3nc(C)oc3C)cc2)CC1. The van der Waals surface area contributed by atoms with Gasteiger partial charge in [-0.2, -0.15) is 4.31 Å². The molecule has 0 saturated carbocycles. The average Bonchev–Trinajstić information content (AvgIpc) is 2.93. The van der Waals surface area contributed by atoms with Crippen LogP contribution in [0.3, 0.4) is 0 Å². The van der Waals surface area contributed by atoms with E-state index in [2.05, 4.69) is 4.98 Å². The minimum absolute atomic E-state index is 0.0281. The molecule has 0 spiro atoms. The summed E-state index contributed by atoms with van der Waals surface area (Å²) < 4.78 is 32.4. The molecule has 25 heavy (non-hydrogen) atoms. The molecule has 0 aliphatic carbocycles. The third-order valence-corrected chi connectivity index (χ3v) is 6.27. The van der Waals surface area contributed by atoms with Crippen LogP contribution in [0.2, 0.25) is 0 Å². The number of carbonyl (C=O) groups excluding carboxylic acids is 1. The Hall–Kier alpha value is -2.19. The summed E-state index contributed by atoms with van der Waals surface area (Å²) >= 11 is 0. The topological polar surface area (TPSA) is 83.7 Å². The highest BCUT2D eigenvalue weighted by molar-refractivity contribution is 7.89. The van der Waals surface area contributed by atoms with E-state index in [1.54, 1.807) is 36.1 Å². The van der Waals surface area contributed by atoms with Crippen molar-refractivity contribution in [2.75, 3.05) is 26.2 Å². The first kappa shape index (κ1) is 17.6. The maximum absolute atomic E-state index is 12.8. The van der Waals surface area contributed by atoms with Gasteiger partial charge in [-0.3, -0.25) is 4.79 Å². The molecule has 1 amide bonds. The third-order valence-electron chi connectivity index (χ3n) is 4.35. The van der Waals surface area contributed by atoms with Gasteiger partial charge in [-0.25, -0.2) is 13.4 Å². The second kappa shape index (κ2) is 6.61. The molecular formula is C17H21N3O4S. The van der Waals surface area contributed by atoms with Crippen molar-refractivity contribution >= 4 is 15.9 Å². The Kier molecular flexibility index (Phi) is 4.66. The van der Waals surface area contributed by atoms with Crippen molar-refractivity contribution in [3.8, 4) is 11.3 Å². The molecule has 2 aromatic rings. The number of oxazole rings is 1. The molecule has 8 heteroatoms. The van der Waals surface area contributed by atoms with Crippen LogP contribution in [0.1, 0.15) is 18.6 Å². The summed E-state index contributed by atoms with van der Waals surface area (Å²) in [7, 11) is -3.56. The predicted octanol–water partition coefficient (Wildman–Crippen LogP) is 1.81. The summed E-state index contributed by atoms with van der Waals surface area (Å²) in [5.74, 6) is 1.25. The van der Waals surface area contributed by atoms with Gasteiger partial charge in [-0.15, -0.1) is 0 Å². The Morgan fingerprint density at radius 1 is 1.08 bits per heavy atom. The van der Waals surface area contributed by atoms with Gasteiger partial charge >= 0.3 is 0 Å². The van der Waals surface area contributed by atoms with Crippen LogP contribution >= 0.6 is 0 Å². The highest BCUT2D eigenvalue weighted by Gasteiger charge is 2.29. The minimum Gasteiger partial charge on any atom is -0.446 e. The number of rotatable bonds is 3. The highest BCUT2D eigenvalue weighted by atomic mass is 32.2. The highest BCUT2D eigenvalue weighted by Crippen LogP contribution is 2.26. The Labute approximate surface area is 147 Å². The molecule has 1 aliphatic rings. The number of benzene rings is 1. The van der Waals surface area contributed by atoms with Gasteiger partial charge in [0.15, 0.2) is 5.89 Å². The van der Waals surface area contributed by atoms with Crippen molar-refractivity contribution in [2.24, 2.45) is 0 Å². The molecule has 2 heterocycles. The van der Waals surface area contributed by atoms with E-state index in [1.165, 1.54) is 11.2 Å². The van der Waals surface area contributed by atoms with Gasteiger partial charge in [-0.05, 0) is 19.1 Å². The van der Waals surface area contributed by atoms with Crippen LogP contribution in [0, 0.1) is 13.8 Å². The lowest BCUT2D eigenvalue weighted by Gasteiger charge is -2.33. The van der Waals surface area contributed by atoms with Gasteiger partial charge in [0.2, 0.25) is 15.9 Å². The van der Waals surface area contributed by atoms with Gasteiger partial charge in [0.1, 0.15) is 11.5 Å². The molecule has 3 rings (SSSR count). The van der Waals surface area contributed by atoms with Gasteiger partial charge in [0, 0.05) is 45.6 Å². The van der Waals surface area contributed by atoms with E-state index in [-0.39, 0.29) is 10.8 Å². The van der Waals surface area contributed by atoms with Gasteiger partial charge < -0.3 is 9.32 Å². The number of aromatic nitrogens is 1. The summed E-state index contributed by atoms with van der Waals surface area (Å²) in [6.07, 6.45) is 0. The molecular weight excluding hydrogens is 342 g/mol. The van der Waals surface area contributed by atoms with Crippen LogP contribution in [0.15, 0.2) is 33.6 Å². The molecule has 0 bridgehead atoms.